The van der Waals surface area contributed by atoms with Gasteiger partial charge < -0.3 is 10.2 Å². The summed E-state index contributed by atoms with van der Waals surface area (Å²) in [5.74, 6) is -0.205. The summed E-state index contributed by atoms with van der Waals surface area (Å²) in [6.45, 7) is 4.69. The van der Waals surface area contributed by atoms with Crippen LogP contribution in [0.4, 0.5) is 13.2 Å². The van der Waals surface area contributed by atoms with Crippen molar-refractivity contribution < 1.29 is 18.0 Å². The van der Waals surface area contributed by atoms with Crippen molar-refractivity contribution in [2.75, 3.05) is 6.54 Å². The molecule has 19 heavy (non-hydrogen) atoms. The van der Waals surface area contributed by atoms with Gasteiger partial charge in [-0.3, -0.25) is 4.79 Å². The number of carbonyl (C=O) groups excluding carboxylic acids is 1. The van der Waals surface area contributed by atoms with E-state index < -0.39 is 18.5 Å². The molecule has 0 radical (unpaired) electrons. The number of piperidine rings is 2. The first kappa shape index (κ1) is 13.2. The van der Waals surface area contributed by atoms with Crippen LogP contribution >= 0.6 is 0 Å². The van der Waals surface area contributed by atoms with Gasteiger partial charge in [0, 0.05) is 18.1 Å². The molecule has 3 unspecified atom stereocenters. The van der Waals surface area contributed by atoms with Gasteiger partial charge >= 0.3 is 6.18 Å². The number of nitrogens with zero attached hydrogens (tertiary/aromatic N) is 1. The Bertz CT molecular complexity index is 411. The maximum atomic E-state index is 12.4. The highest BCUT2D eigenvalue weighted by atomic mass is 19.4. The van der Waals surface area contributed by atoms with E-state index in [9.17, 15) is 18.0 Å². The van der Waals surface area contributed by atoms with E-state index in [1.807, 2.05) is 0 Å². The predicted octanol–water partition coefficient (Wildman–Crippen LogP) is 1.93. The fourth-order valence-corrected chi connectivity index (χ4v) is 4.42. The first-order valence-electron chi connectivity index (χ1n) is 6.83. The predicted molar refractivity (Wildman–Crippen MR) is 63.4 cm³/mol. The number of rotatable bonds is 1. The number of hydrogen-bond acceptors (Lipinski definition) is 2. The van der Waals surface area contributed by atoms with Gasteiger partial charge in [-0.1, -0.05) is 6.92 Å². The van der Waals surface area contributed by atoms with Gasteiger partial charge in [0.05, 0.1) is 6.04 Å². The fraction of sp³-hybridized carbons (Fsp3) is 0.923. The van der Waals surface area contributed by atoms with Crippen molar-refractivity contribution in [3.63, 3.8) is 0 Å². The van der Waals surface area contributed by atoms with Crippen molar-refractivity contribution in [1.82, 2.24) is 10.2 Å². The molecule has 0 aromatic rings. The SMILES string of the molecule is C[C@@H]1C2[C@H]3CC(CN2C(=O)CC(F)(F)F)CC1(C)N3. The zero-order chi connectivity index (χ0) is 14.0. The summed E-state index contributed by atoms with van der Waals surface area (Å²) < 4.78 is 37.3. The maximum Gasteiger partial charge on any atom is 0.397 e. The largest absolute Gasteiger partial charge is 0.397 e. The lowest BCUT2D eigenvalue weighted by atomic mass is 9.81. The molecule has 0 spiro atoms. The highest BCUT2D eigenvalue weighted by Crippen LogP contribution is 2.48. The van der Waals surface area contributed by atoms with E-state index in [0.717, 1.165) is 12.8 Å². The second kappa shape index (κ2) is 3.87. The van der Waals surface area contributed by atoms with Crippen molar-refractivity contribution in [3.05, 3.63) is 0 Å². The van der Waals surface area contributed by atoms with Crippen LogP contribution in [0.3, 0.4) is 0 Å². The van der Waals surface area contributed by atoms with Crippen LogP contribution in [0.1, 0.15) is 33.1 Å². The Hall–Kier alpha value is -0.780. The first-order chi connectivity index (χ1) is 8.70. The summed E-state index contributed by atoms with van der Waals surface area (Å²) >= 11 is 0. The van der Waals surface area contributed by atoms with Crippen molar-refractivity contribution in [2.45, 2.75) is 56.9 Å². The minimum atomic E-state index is -4.41. The molecule has 3 saturated heterocycles. The zero-order valence-corrected chi connectivity index (χ0v) is 11.1. The maximum absolute atomic E-state index is 12.4. The van der Waals surface area contributed by atoms with Gasteiger partial charge in [-0.2, -0.15) is 13.2 Å². The number of amides is 1. The normalized spacial score (nSPS) is 44.8. The minimum Gasteiger partial charge on any atom is -0.337 e. The molecule has 3 bridgehead atoms. The molecular weight excluding hydrogens is 257 g/mol. The molecule has 1 amide bonds. The summed E-state index contributed by atoms with van der Waals surface area (Å²) in [5, 5.41) is 3.52. The number of nitrogens with one attached hydrogen (secondary N) is 1. The summed E-state index contributed by atoms with van der Waals surface area (Å²) in [4.78, 5) is 13.5. The van der Waals surface area contributed by atoms with Gasteiger partial charge in [0.15, 0.2) is 0 Å². The topological polar surface area (TPSA) is 32.3 Å². The highest BCUT2D eigenvalue weighted by Gasteiger charge is 2.59. The summed E-state index contributed by atoms with van der Waals surface area (Å²) in [7, 11) is 0. The van der Waals surface area contributed by atoms with E-state index in [0.29, 0.717) is 12.5 Å². The second-order valence-corrected chi connectivity index (χ2v) is 6.59. The Balaban J connectivity index is 1.84. The van der Waals surface area contributed by atoms with Gasteiger partial charge in [-0.25, -0.2) is 0 Å². The van der Waals surface area contributed by atoms with Crippen LogP contribution in [-0.4, -0.2) is 41.2 Å². The molecule has 108 valence electrons. The van der Waals surface area contributed by atoms with E-state index in [1.165, 1.54) is 4.90 Å². The smallest absolute Gasteiger partial charge is 0.337 e. The number of alkyl halides is 3. The zero-order valence-electron chi connectivity index (χ0n) is 11.1. The molecule has 5 atom stereocenters. The van der Waals surface area contributed by atoms with Crippen molar-refractivity contribution in [1.29, 1.82) is 0 Å². The number of hydrogen-bond donors (Lipinski definition) is 1. The van der Waals surface area contributed by atoms with Crippen LogP contribution in [0, 0.1) is 11.8 Å². The lowest BCUT2D eigenvalue weighted by Crippen LogP contribution is -2.58. The van der Waals surface area contributed by atoms with Gasteiger partial charge in [-0.15, -0.1) is 0 Å². The van der Waals surface area contributed by atoms with Crippen LogP contribution in [0.15, 0.2) is 0 Å². The lowest BCUT2D eigenvalue weighted by molar-refractivity contribution is -0.165. The monoisotopic (exact) mass is 276 g/mol. The lowest BCUT2D eigenvalue weighted by Gasteiger charge is -2.44. The Morgan fingerprint density at radius 2 is 2.16 bits per heavy atom. The second-order valence-electron chi connectivity index (χ2n) is 6.59. The van der Waals surface area contributed by atoms with Gasteiger partial charge in [0.1, 0.15) is 6.42 Å². The van der Waals surface area contributed by atoms with Crippen LogP contribution in [-0.2, 0) is 4.79 Å². The molecule has 3 rings (SSSR count). The van der Waals surface area contributed by atoms with Crippen molar-refractivity contribution in [3.8, 4) is 0 Å². The molecule has 3 fully saturated rings. The van der Waals surface area contributed by atoms with E-state index in [4.69, 9.17) is 0 Å². The van der Waals surface area contributed by atoms with E-state index in [1.54, 1.807) is 0 Å². The molecular formula is C13H19F3N2O. The summed E-state index contributed by atoms with van der Waals surface area (Å²) in [6, 6.07) is 0.100. The van der Waals surface area contributed by atoms with Gasteiger partial charge in [0.2, 0.25) is 5.91 Å². The van der Waals surface area contributed by atoms with Gasteiger partial charge in [-0.05, 0) is 31.6 Å². The summed E-state index contributed by atoms with van der Waals surface area (Å²) in [5.41, 5.74) is -0.0223. The molecule has 3 nitrogen and oxygen atoms in total. The molecule has 0 aliphatic carbocycles. The Labute approximate surface area is 110 Å². The molecule has 3 heterocycles. The van der Waals surface area contributed by atoms with Crippen LogP contribution < -0.4 is 5.32 Å². The van der Waals surface area contributed by atoms with E-state index in [2.05, 4.69) is 19.2 Å². The molecule has 0 saturated carbocycles. The third-order valence-electron chi connectivity index (χ3n) is 5.23. The quantitative estimate of drug-likeness (QED) is 0.793. The molecule has 3 aliphatic heterocycles. The number of halogens is 3. The number of likely N-dealkylation sites (tertiary alicyclic amines) is 1. The fourth-order valence-electron chi connectivity index (χ4n) is 4.42. The average Bonchev–Trinajstić information content (AvgIpc) is 2.35. The Morgan fingerprint density at radius 3 is 2.79 bits per heavy atom. The average molecular weight is 276 g/mol. The van der Waals surface area contributed by atoms with Crippen molar-refractivity contribution in [2.24, 2.45) is 11.8 Å². The van der Waals surface area contributed by atoms with Crippen LogP contribution in [0.5, 0.6) is 0 Å². The minimum absolute atomic E-state index is 0.0223. The molecule has 6 heteroatoms. The van der Waals surface area contributed by atoms with Gasteiger partial charge in [0.25, 0.3) is 0 Å². The van der Waals surface area contributed by atoms with E-state index in [-0.39, 0.29) is 23.5 Å². The van der Waals surface area contributed by atoms with Crippen LogP contribution in [0.25, 0.3) is 0 Å². The van der Waals surface area contributed by atoms with E-state index >= 15 is 0 Å². The summed E-state index contributed by atoms with van der Waals surface area (Å²) in [6.07, 6.45) is -3.80. The van der Waals surface area contributed by atoms with Crippen LogP contribution in [0.2, 0.25) is 0 Å². The van der Waals surface area contributed by atoms with Crippen molar-refractivity contribution >= 4 is 5.91 Å². The third kappa shape index (κ3) is 2.04. The Morgan fingerprint density at radius 1 is 1.47 bits per heavy atom. The first-order valence-corrected chi connectivity index (χ1v) is 6.83. The standard InChI is InChI=1S/C13H19F3N2O/c1-7-11-9-3-8(4-12(7,2)17-9)6-18(11)10(19)5-13(14,15)16/h7-9,11,17H,3-6H2,1-2H3/t7-,8?,9-,11?,12?/m1/s1. The number of fused-ring (bicyclic) bond motifs is 2. The molecule has 0 aromatic carbocycles. The molecule has 1 N–H and O–H groups in total. The highest BCUT2D eigenvalue weighted by molar-refractivity contribution is 5.77. The third-order valence-corrected chi connectivity index (χ3v) is 5.23. The molecule has 3 aliphatic rings. The Kier molecular flexibility index (Phi) is 2.69. The number of carbonyl (C=O) groups is 1. The molecule has 0 aromatic heterocycles.